The van der Waals surface area contributed by atoms with Crippen molar-refractivity contribution in [3.8, 4) is 0 Å². The molecular weight excluding hydrogens is 196 g/mol. The summed E-state index contributed by atoms with van der Waals surface area (Å²) in [7, 11) is 0. The molecule has 1 aromatic carbocycles. The van der Waals surface area contributed by atoms with Crippen LogP contribution in [0.4, 0.5) is 0 Å². The Kier molecular flexibility index (Phi) is 4.00. The van der Waals surface area contributed by atoms with Crippen LogP contribution in [0.25, 0.3) is 0 Å². The molecule has 1 N–H and O–H groups in total. The normalized spacial score (nSPS) is 9.73. The summed E-state index contributed by atoms with van der Waals surface area (Å²) in [5.41, 5.74) is 0.785. The lowest BCUT2D eigenvalue weighted by Gasteiger charge is -2.06. The largest absolute Gasteiger partial charge is 0.454 e. The Hall–Kier alpha value is -1.68. The van der Waals surface area contributed by atoms with Crippen molar-refractivity contribution in [3.05, 3.63) is 35.4 Å². The molecule has 4 nitrogen and oxygen atoms in total. The molecule has 0 atom stereocenters. The van der Waals surface area contributed by atoms with Gasteiger partial charge in [0, 0.05) is 0 Å². The van der Waals surface area contributed by atoms with E-state index in [-0.39, 0.29) is 19.0 Å². The number of aliphatic hydroxyl groups is 1. The number of aliphatic hydroxyl groups excluding tert-OH is 1. The maximum absolute atomic E-state index is 11.4. The van der Waals surface area contributed by atoms with Crippen LogP contribution < -0.4 is 0 Å². The zero-order chi connectivity index (χ0) is 11.3. The van der Waals surface area contributed by atoms with E-state index in [2.05, 4.69) is 0 Å². The molecule has 80 valence electrons. The molecule has 1 aromatic rings. The van der Waals surface area contributed by atoms with Gasteiger partial charge in [-0.2, -0.15) is 0 Å². The number of esters is 1. The van der Waals surface area contributed by atoms with Gasteiger partial charge in [0.1, 0.15) is 6.61 Å². The quantitative estimate of drug-likeness (QED) is 0.747. The predicted octanol–water partition coefficient (Wildman–Crippen LogP) is 0.925. The van der Waals surface area contributed by atoms with Crippen molar-refractivity contribution < 1.29 is 19.4 Å². The third-order valence-corrected chi connectivity index (χ3v) is 1.81. The minimum Gasteiger partial charge on any atom is -0.454 e. The second-order valence-corrected chi connectivity index (χ2v) is 3.09. The number of ketones is 1. The van der Waals surface area contributed by atoms with E-state index < -0.39 is 5.97 Å². The number of carbonyl (C=O) groups is 2. The van der Waals surface area contributed by atoms with Gasteiger partial charge in [-0.25, -0.2) is 4.79 Å². The third kappa shape index (κ3) is 3.18. The van der Waals surface area contributed by atoms with E-state index in [0.29, 0.717) is 11.1 Å². The van der Waals surface area contributed by atoms with Gasteiger partial charge in [0.2, 0.25) is 0 Å². The van der Waals surface area contributed by atoms with Gasteiger partial charge >= 0.3 is 5.97 Å². The van der Waals surface area contributed by atoms with E-state index in [4.69, 9.17) is 9.84 Å². The fourth-order valence-electron chi connectivity index (χ4n) is 1.10. The van der Waals surface area contributed by atoms with Crippen LogP contribution in [-0.4, -0.2) is 23.5 Å². The van der Waals surface area contributed by atoms with Crippen LogP contribution in [0.5, 0.6) is 0 Å². The second kappa shape index (κ2) is 5.26. The average Bonchev–Trinajstić information content (AvgIpc) is 2.25. The molecule has 0 aliphatic heterocycles. The highest BCUT2D eigenvalue weighted by molar-refractivity contribution is 5.92. The minimum atomic E-state index is -0.588. The highest BCUT2D eigenvalue weighted by Gasteiger charge is 2.11. The lowest BCUT2D eigenvalue weighted by atomic mass is 10.1. The number of carbonyl (C=O) groups excluding carboxylic acids is 2. The zero-order valence-corrected chi connectivity index (χ0v) is 8.40. The van der Waals surface area contributed by atoms with Crippen LogP contribution in [0.2, 0.25) is 0 Å². The molecule has 0 bridgehead atoms. The fourth-order valence-corrected chi connectivity index (χ4v) is 1.10. The summed E-state index contributed by atoms with van der Waals surface area (Å²) < 4.78 is 4.73. The Morgan fingerprint density at radius 1 is 1.33 bits per heavy atom. The van der Waals surface area contributed by atoms with Gasteiger partial charge in [-0.15, -0.1) is 0 Å². The first kappa shape index (κ1) is 11.4. The van der Waals surface area contributed by atoms with Crippen molar-refractivity contribution >= 4 is 11.8 Å². The van der Waals surface area contributed by atoms with Crippen LogP contribution in [0.15, 0.2) is 24.3 Å². The fraction of sp³-hybridized carbons (Fsp3) is 0.273. The molecule has 0 spiro atoms. The minimum absolute atomic E-state index is 0.218. The van der Waals surface area contributed by atoms with E-state index >= 15 is 0 Å². The Morgan fingerprint density at radius 2 is 2.00 bits per heavy atom. The van der Waals surface area contributed by atoms with Crippen LogP contribution in [0.1, 0.15) is 22.8 Å². The first-order valence-corrected chi connectivity index (χ1v) is 4.50. The van der Waals surface area contributed by atoms with E-state index in [1.807, 2.05) is 0 Å². The summed E-state index contributed by atoms with van der Waals surface area (Å²) in [6, 6.07) is 6.56. The number of rotatable bonds is 4. The Balaban J connectivity index is 2.77. The standard InChI is InChI=1S/C11H12O4/c1-8(13)7-15-11(14)10-5-3-2-4-9(10)6-12/h2-5,12H,6-7H2,1H3. The van der Waals surface area contributed by atoms with Crippen LogP contribution in [-0.2, 0) is 16.1 Å². The molecule has 0 saturated carbocycles. The predicted molar refractivity (Wildman–Crippen MR) is 53.3 cm³/mol. The first-order valence-electron chi connectivity index (χ1n) is 4.50. The van der Waals surface area contributed by atoms with Crippen LogP contribution >= 0.6 is 0 Å². The summed E-state index contributed by atoms with van der Waals surface area (Å²) in [6.45, 7) is 0.870. The lowest BCUT2D eigenvalue weighted by Crippen LogP contribution is -2.13. The molecule has 15 heavy (non-hydrogen) atoms. The van der Waals surface area contributed by atoms with Crippen LogP contribution in [0.3, 0.4) is 0 Å². The average molecular weight is 208 g/mol. The summed E-state index contributed by atoms with van der Waals surface area (Å²) >= 11 is 0. The number of ether oxygens (including phenoxy) is 1. The highest BCUT2D eigenvalue weighted by Crippen LogP contribution is 2.09. The van der Waals surface area contributed by atoms with E-state index in [0.717, 1.165) is 0 Å². The van der Waals surface area contributed by atoms with Gasteiger partial charge in [0.05, 0.1) is 12.2 Å². The van der Waals surface area contributed by atoms with E-state index in [1.165, 1.54) is 6.92 Å². The summed E-state index contributed by atoms with van der Waals surface area (Å²) in [4.78, 5) is 22.1. The zero-order valence-electron chi connectivity index (χ0n) is 8.40. The molecule has 0 unspecified atom stereocenters. The monoisotopic (exact) mass is 208 g/mol. The molecule has 0 aliphatic carbocycles. The number of hydrogen-bond donors (Lipinski definition) is 1. The molecule has 0 heterocycles. The summed E-state index contributed by atoms with van der Waals surface area (Å²) in [5.74, 6) is -0.806. The molecule has 0 amide bonds. The van der Waals surface area contributed by atoms with Crippen molar-refractivity contribution in [1.29, 1.82) is 0 Å². The molecule has 0 aromatic heterocycles. The highest BCUT2D eigenvalue weighted by atomic mass is 16.5. The van der Waals surface area contributed by atoms with E-state index in [1.54, 1.807) is 24.3 Å². The topological polar surface area (TPSA) is 63.6 Å². The Morgan fingerprint density at radius 3 is 2.60 bits per heavy atom. The van der Waals surface area contributed by atoms with Crippen molar-refractivity contribution in [3.63, 3.8) is 0 Å². The van der Waals surface area contributed by atoms with Gasteiger partial charge < -0.3 is 9.84 Å². The number of benzene rings is 1. The van der Waals surface area contributed by atoms with Crippen molar-refractivity contribution in [2.45, 2.75) is 13.5 Å². The molecular formula is C11H12O4. The van der Waals surface area contributed by atoms with Crippen LogP contribution in [0, 0.1) is 0 Å². The van der Waals surface area contributed by atoms with Gasteiger partial charge in [0.15, 0.2) is 5.78 Å². The van der Waals surface area contributed by atoms with Crippen molar-refractivity contribution in [2.24, 2.45) is 0 Å². The van der Waals surface area contributed by atoms with Gasteiger partial charge in [-0.3, -0.25) is 4.79 Å². The number of Topliss-reactive ketones (excluding diaryl/α,β-unsaturated/α-hetero) is 1. The SMILES string of the molecule is CC(=O)COC(=O)c1ccccc1CO. The van der Waals surface area contributed by atoms with Crippen molar-refractivity contribution in [2.75, 3.05) is 6.61 Å². The van der Waals surface area contributed by atoms with Gasteiger partial charge in [-0.1, -0.05) is 18.2 Å². The number of hydrogen-bond acceptors (Lipinski definition) is 4. The lowest BCUT2D eigenvalue weighted by molar-refractivity contribution is -0.120. The van der Waals surface area contributed by atoms with Gasteiger partial charge in [-0.05, 0) is 18.6 Å². The molecule has 0 aliphatic rings. The third-order valence-electron chi connectivity index (χ3n) is 1.81. The molecule has 0 fully saturated rings. The second-order valence-electron chi connectivity index (χ2n) is 3.09. The van der Waals surface area contributed by atoms with Crippen molar-refractivity contribution in [1.82, 2.24) is 0 Å². The molecule has 4 heteroatoms. The van der Waals surface area contributed by atoms with E-state index in [9.17, 15) is 9.59 Å². The molecule has 0 radical (unpaired) electrons. The summed E-state index contributed by atoms with van der Waals surface area (Å²) in [5, 5.41) is 8.97. The van der Waals surface area contributed by atoms with Gasteiger partial charge in [0.25, 0.3) is 0 Å². The summed E-state index contributed by atoms with van der Waals surface area (Å²) in [6.07, 6.45) is 0. The Bertz CT molecular complexity index is 371. The Labute approximate surface area is 87.5 Å². The smallest absolute Gasteiger partial charge is 0.338 e. The molecule has 1 rings (SSSR count). The molecule has 0 saturated heterocycles. The first-order chi connectivity index (χ1) is 7.15. The maximum atomic E-state index is 11.4. The maximum Gasteiger partial charge on any atom is 0.338 e.